The summed E-state index contributed by atoms with van der Waals surface area (Å²) in [5, 5.41) is 0. The van der Waals surface area contributed by atoms with Gasteiger partial charge in [0.05, 0.1) is 10.6 Å². The third-order valence-electron chi connectivity index (χ3n) is 4.92. The van der Waals surface area contributed by atoms with Gasteiger partial charge < -0.3 is 4.40 Å². The highest BCUT2D eigenvalue weighted by atomic mass is 32.2. The minimum absolute atomic E-state index is 0.336. The van der Waals surface area contributed by atoms with Gasteiger partial charge in [0.1, 0.15) is 5.65 Å². The van der Waals surface area contributed by atoms with Crippen LogP contribution in [-0.4, -0.2) is 17.8 Å². The molecule has 0 radical (unpaired) electrons. The smallest absolute Gasteiger partial charge is 0.262 e. The Morgan fingerprint density at radius 3 is 2.17 bits per heavy atom. The van der Waals surface area contributed by atoms with E-state index in [0.29, 0.717) is 10.6 Å². The Kier molecular flexibility index (Phi) is 4.67. The maximum atomic E-state index is 12.9. The van der Waals surface area contributed by atoms with Gasteiger partial charge in [0.15, 0.2) is 0 Å². The number of nitrogens with one attached hydrogen (secondary N) is 1. The van der Waals surface area contributed by atoms with Gasteiger partial charge in [0, 0.05) is 23.6 Å². The Morgan fingerprint density at radius 1 is 0.862 bits per heavy atom. The summed E-state index contributed by atoms with van der Waals surface area (Å²) in [7, 11) is -3.66. The monoisotopic (exact) mass is 405 g/mol. The number of pyridine rings is 1. The van der Waals surface area contributed by atoms with E-state index in [4.69, 9.17) is 0 Å². The van der Waals surface area contributed by atoms with E-state index in [9.17, 15) is 8.42 Å². The van der Waals surface area contributed by atoms with E-state index in [-0.39, 0.29) is 0 Å². The number of sulfonamides is 1. The lowest BCUT2D eigenvalue weighted by Gasteiger charge is -2.14. The number of aromatic nitrogens is 2. The van der Waals surface area contributed by atoms with E-state index in [1.165, 1.54) is 0 Å². The largest absolute Gasteiger partial charge is 0.306 e. The molecule has 6 heteroatoms. The molecule has 0 saturated heterocycles. The first-order valence-corrected chi connectivity index (χ1v) is 10.9. The molecular formula is C23H23N3O2S. The summed E-state index contributed by atoms with van der Waals surface area (Å²) in [5.41, 5.74) is 6.86. The molecule has 29 heavy (non-hydrogen) atoms. The van der Waals surface area contributed by atoms with Crippen molar-refractivity contribution in [3.8, 4) is 11.3 Å². The Bertz CT molecular complexity index is 1300. The molecule has 0 fully saturated rings. The summed E-state index contributed by atoms with van der Waals surface area (Å²) in [4.78, 5) is 4.99. The first-order chi connectivity index (χ1) is 13.7. The minimum Gasteiger partial charge on any atom is -0.306 e. The molecule has 0 bridgehead atoms. The first-order valence-electron chi connectivity index (χ1n) is 9.39. The van der Waals surface area contributed by atoms with Gasteiger partial charge in [-0.1, -0.05) is 29.8 Å². The Balaban J connectivity index is 1.62. The van der Waals surface area contributed by atoms with Crippen LogP contribution < -0.4 is 4.72 Å². The standard InChI is InChI=1S/C23H23N3O2S/c1-15-9-10-26-14-21(24-22(26)13-15)19-5-7-20(8-6-19)25-29(27,28)23-17(3)11-16(2)12-18(23)4/h5-14,25H,1-4H3. The van der Waals surface area contributed by atoms with Crippen LogP contribution in [0.2, 0.25) is 0 Å². The number of aryl methyl sites for hydroxylation is 4. The van der Waals surface area contributed by atoms with Crippen molar-refractivity contribution in [2.45, 2.75) is 32.6 Å². The van der Waals surface area contributed by atoms with Gasteiger partial charge in [-0.15, -0.1) is 0 Å². The van der Waals surface area contributed by atoms with Crippen molar-refractivity contribution in [1.82, 2.24) is 9.38 Å². The molecule has 0 unspecified atom stereocenters. The van der Waals surface area contributed by atoms with Crippen molar-refractivity contribution < 1.29 is 8.42 Å². The van der Waals surface area contributed by atoms with Gasteiger partial charge in [-0.2, -0.15) is 0 Å². The average Bonchev–Trinajstić information content (AvgIpc) is 3.03. The van der Waals surface area contributed by atoms with Crippen molar-refractivity contribution in [3.63, 3.8) is 0 Å². The van der Waals surface area contributed by atoms with Crippen molar-refractivity contribution in [3.05, 3.63) is 83.2 Å². The van der Waals surface area contributed by atoms with E-state index in [0.717, 1.165) is 39.2 Å². The molecule has 4 rings (SSSR count). The molecule has 1 N–H and O–H groups in total. The van der Waals surface area contributed by atoms with Crippen LogP contribution in [-0.2, 0) is 10.0 Å². The van der Waals surface area contributed by atoms with E-state index in [1.807, 2.05) is 80.9 Å². The normalized spacial score (nSPS) is 11.7. The number of fused-ring (bicyclic) bond motifs is 1. The van der Waals surface area contributed by atoms with E-state index >= 15 is 0 Å². The number of hydrogen-bond acceptors (Lipinski definition) is 3. The zero-order valence-electron chi connectivity index (χ0n) is 16.9. The summed E-state index contributed by atoms with van der Waals surface area (Å²) in [6, 6.07) is 15.1. The number of rotatable bonds is 4. The molecule has 4 aromatic rings. The van der Waals surface area contributed by atoms with Gasteiger partial charge in [0.25, 0.3) is 10.0 Å². The molecule has 0 aliphatic heterocycles. The molecule has 0 aliphatic carbocycles. The van der Waals surface area contributed by atoms with Crippen molar-refractivity contribution in [2.24, 2.45) is 0 Å². The fraction of sp³-hybridized carbons (Fsp3) is 0.174. The predicted octanol–water partition coefficient (Wildman–Crippen LogP) is 5.04. The maximum absolute atomic E-state index is 12.9. The van der Waals surface area contributed by atoms with Crippen LogP contribution in [0, 0.1) is 27.7 Å². The molecule has 2 heterocycles. The summed E-state index contributed by atoms with van der Waals surface area (Å²) < 4.78 is 30.5. The number of imidazole rings is 1. The fourth-order valence-electron chi connectivity index (χ4n) is 3.73. The Labute approximate surface area is 171 Å². The second-order valence-electron chi connectivity index (χ2n) is 7.51. The Hall–Kier alpha value is -3.12. The highest BCUT2D eigenvalue weighted by molar-refractivity contribution is 7.92. The van der Waals surface area contributed by atoms with Crippen LogP contribution in [0.25, 0.3) is 16.9 Å². The number of hydrogen-bond donors (Lipinski definition) is 1. The SMILES string of the molecule is Cc1cc(C)c(S(=O)(=O)Nc2ccc(-c3cn4ccc(C)cc4n3)cc2)c(C)c1. The van der Waals surface area contributed by atoms with Gasteiger partial charge in [0.2, 0.25) is 0 Å². The molecule has 5 nitrogen and oxygen atoms in total. The van der Waals surface area contributed by atoms with E-state index in [2.05, 4.69) is 9.71 Å². The first kappa shape index (κ1) is 19.2. The van der Waals surface area contributed by atoms with E-state index < -0.39 is 10.0 Å². The van der Waals surface area contributed by atoms with Crippen LogP contribution in [0.4, 0.5) is 5.69 Å². The van der Waals surface area contributed by atoms with Crippen molar-refractivity contribution in [1.29, 1.82) is 0 Å². The molecule has 2 aromatic heterocycles. The maximum Gasteiger partial charge on any atom is 0.262 e. The Morgan fingerprint density at radius 2 is 1.52 bits per heavy atom. The van der Waals surface area contributed by atoms with Crippen molar-refractivity contribution in [2.75, 3.05) is 4.72 Å². The third-order valence-corrected chi connectivity index (χ3v) is 6.61. The van der Waals surface area contributed by atoms with Crippen LogP contribution in [0.1, 0.15) is 22.3 Å². The lowest BCUT2D eigenvalue weighted by atomic mass is 10.1. The average molecular weight is 406 g/mol. The molecule has 0 aliphatic rings. The van der Waals surface area contributed by atoms with Crippen LogP contribution in [0.5, 0.6) is 0 Å². The van der Waals surface area contributed by atoms with Crippen LogP contribution in [0.15, 0.2) is 65.8 Å². The van der Waals surface area contributed by atoms with Crippen LogP contribution >= 0.6 is 0 Å². The summed E-state index contributed by atoms with van der Waals surface area (Å²) in [6.07, 6.45) is 3.95. The minimum atomic E-state index is -3.66. The number of nitrogens with zero attached hydrogens (tertiary/aromatic N) is 2. The molecule has 0 saturated carbocycles. The van der Waals surface area contributed by atoms with Gasteiger partial charge in [-0.05, 0) is 68.7 Å². The summed E-state index contributed by atoms with van der Waals surface area (Å²) in [6.45, 7) is 7.64. The molecule has 2 aromatic carbocycles. The lowest BCUT2D eigenvalue weighted by molar-refractivity contribution is 0.600. The van der Waals surface area contributed by atoms with Crippen molar-refractivity contribution >= 4 is 21.4 Å². The van der Waals surface area contributed by atoms with Gasteiger partial charge in [-0.25, -0.2) is 13.4 Å². The molecular weight excluding hydrogens is 382 g/mol. The number of benzene rings is 2. The molecule has 0 amide bonds. The number of anilines is 1. The van der Waals surface area contributed by atoms with Gasteiger partial charge >= 0.3 is 0 Å². The predicted molar refractivity (Wildman–Crippen MR) is 117 cm³/mol. The highest BCUT2D eigenvalue weighted by Crippen LogP contribution is 2.26. The topological polar surface area (TPSA) is 63.5 Å². The van der Waals surface area contributed by atoms with Crippen LogP contribution in [0.3, 0.4) is 0 Å². The second-order valence-corrected chi connectivity index (χ2v) is 9.13. The fourth-order valence-corrected chi connectivity index (χ4v) is 5.24. The second kappa shape index (κ2) is 7.04. The molecule has 148 valence electrons. The third kappa shape index (κ3) is 3.76. The highest BCUT2D eigenvalue weighted by Gasteiger charge is 2.20. The quantitative estimate of drug-likeness (QED) is 0.518. The summed E-state index contributed by atoms with van der Waals surface area (Å²) in [5.74, 6) is 0. The molecule has 0 spiro atoms. The van der Waals surface area contributed by atoms with E-state index in [1.54, 1.807) is 12.1 Å². The summed E-state index contributed by atoms with van der Waals surface area (Å²) >= 11 is 0. The zero-order chi connectivity index (χ0) is 20.8. The zero-order valence-corrected chi connectivity index (χ0v) is 17.7. The lowest BCUT2D eigenvalue weighted by Crippen LogP contribution is -2.15. The molecule has 0 atom stereocenters. The van der Waals surface area contributed by atoms with Gasteiger partial charge in [-0.3, -0.25) is 4.72 Å².